The van der Waals surface area contributed by atoms with Crippen molar-refractivity contribution in [2.75, 3.05) is 0 Å². The van der Waals surface area contributed by atoms with Crippen LogP contribution in [0.25, 0.3) is 6.08 Å². The SMILES string of the molecule is C1=Cc2sc[nH+]c2CC1. The minimum atomic E-state index is 1.19. The normalized spacial score (nSPS) is 15.6. The highest BCUT2D eigenvalue weighted by molar-refractivity contribution is 7.10. The van der Waals surface area contributed by atoms with Crippen LogP contribution in [0.2, 0.25) is 0 Å². The molecule has 0 radical (unpaired) electrons. The van der Waals surface area contributed by atoms with Crippen LogP contribution in [-0.4, -0.2) is 0 Å². The molecule has 0 unspecified atom stereocenters. The van der Waals surface area contributed by atoms with Gasteiger partial charge in [-0.15, -0.1) is 0 Å². The number of nitrogens with one attached hydrogen (secondary N) is 1. The summed E-state index contributed by atoms with van der Waals surface area (Å²) in [6.07, 6.45) is 6.81. The van der Waals surface area contributed by atoms with Gasteiger partial charge in [0.25, 0.3) is 0 Å². The lowest BCUT2D eigenvalue weighted by atomic mass is 10.1. The first kappa shape index (κ1) is 5.18. The number of H-pyrrole nitrogens is 1. The first-order valence-corrected chi connectivity index (χ1v) is 3.99. The predicted octanol–water partition coefficient (Wildman–Crippen LogP) is 1.52. The molecule has 0 saturated heterocycles. The molecule has 1 heterocycles. The van der Waals surface area contributed by atoms with Gasteiger partial charge in [-0.1, -0.05) is 17.4 Å². The summed E-state index contributed by atoms with van der Waals surface area (Å²) in [5.41, 5.74) is 3.45. The van der Waals surface area contributed by atoms with Crippen molar-refractivity contribution in [3.63, 3.8) is 0 Å². The van der Waals surface area contributed by atoms with Crippen molar-refractivity contribution in [1.82, 2.24) is 0 Å². The lowest BCUT2D eigenvalue weighted by Crippen LogP contribution is -2.06. The molecule has 0 bridgehead atoms. The highest BCUT2D eigenvalue weighted by atomic mass is 32.1. The predicted molar refractivity (Wildman–Crippen MR) is 38.2 cm³/mol. The molecule has 1 aromatic rings. The minimum absolute atomic E-state index is 1.19. The number of aromatic nitrogens is 1. The molecule has 1 aliphatic carbocycles. The summed E-state index contributed by atoms with van der Waals surface area (Å²) in [7, 11) is 0. The fourth-order valence-electron chi connectivity index (χ4n) is 1.06. The summed E-state index contributed by atoms with van der Waals surface area (Å²) >= 11 is 1.78. The van der Waals surface area contributed by atoms with Crippen LogP contribution in [-0.2, 0) is 6.42 Å². The second-order valence-corrected chi connectivity index (χ2v) is 3.08. The molecule has 1 nitrogen and oxygen atoms in total. The number of aryl methyl sites for hydroxylation is 1. The average Bonchev–Trinajstić information content (AvgIpc) is 2.33. The van der Waals surface area contributed by atoms with E-state index in [-0.39, 0.29) is 0 Å². The molecule has 1 aromatic heterocycles. The van der Waals surface area contributed by atoms with E-state index in [0.29, 0.717) is 0 Å². The van der Waals surface area contributed by atoms with E-state index in [1.807, 2.05) is 5.51 Å². The molecule has 0 aromatic carbocycles. The summed E-state index contributed by atoms with van der Waals surface area (Å²) in [5, 5.41) is 0. The van der Waals surface area contributed by atoms with Crippen molar-refractivity contribution < 1.29 is 4.98 Å². The quantitative estimate of drug-likeness (QED) is 0.516. The van der Waals surface area contributed by atoms with Gasteiger partial charge >= 0.3 is 0 Å². The fourth-order valence-corrected chi connectivity index (χ4v) is 1.87. The summed E-state index contributed by atoms with van der Waals surface area (Å²) < 4.78 is 0. The summed E-state index contributed by atoms with van der Waals surface area (Å²) in [6.45, 7) is 0. The van der Waals surface area contributed by atoms with Gasteiger partial charge in [0.2, 0.25) is 5.51 Å². The molecule has 0 spiro atoms. The topological polar surface area (TPSA) is 14.1 Å². The molecule has 0 amide bonds. The molecule has 2 heteroatoms. The number of aromatic amines is 1. The van der Waals surface area contributed by atoms with E-state index in [1.165, 1.54) is 23.4 Å². The van der Waals surface area contributed by atoms with Gasteiger partial charge in [0.05, 0.1) is 4.88 Å². The molecule has 0 atom stereocenters. The van der Waals surface area contributed by atoms with E-state index in [0.717, 1.165) is 0 Å². The van der Waals surface area contributed by atoms with Crippen LogP contribution in [0.5, 0.6) is 0 Å². The Bertz CT molecular complexity index is 237. The smallest absolute Gasteiger partial charge is 0.205 e. The Morgan fingerprint density at radius 1 is 1.56 bits per heavy atom. The van der Waals surface area contributed by atoms with Crippen LogP contribution in [0.15, 0.2) is 11.6 Å². The van der Waals surface area contributed by atoms with Crippen LogP contribution in [0.4, 0.5) is 0 Å². The number of thiazole rings is 1. The number of allylic oxidation sites excluding steroid dienone is 1. The maximum atomic E-state index is 3.22. The molecule has 9 heavy (non-hydrogen) atoms. The van der Waals surface area contributed by atoms with Crippen LogP contribution in [0.1, 0.15) is 17.0 Å². The highest BCUT2D eigenvalue weighted by Gasteiger charge is 2.11. The van der Waals surface area contributed by atoms with Gasteiger partial charge in [-0.3, -0.25) is 0 Å². The van der Waals surface area contributed by atoms with Gasteiger partial charge in [-0.25, -0.2) is 4.98 Å². The monoisotopic (exact) mass is 138 g/mol. The highest BCUT2D eigenvalue weighted by Crippen LogP contribution is 2.18. The van der Waals surface area contributed by atoms with Gasteiger partial charge in [-0.2, -0.15) is 0 Å². The molecule has 0 saturated carbocycles. The number of fused-ring (bicyclic) bond motifs is 1. The third kappa shape index (κ3) is 0.793. The Morgan fingerprint density at radius 3 is 3.44 bits per heavy atom. The first-order chi connectivity index (χ1) is 4.47. The number of hydrogen-bond acceptors (Lipinski definition) is 1. The number of hydrogen-bond donors (Lipinski definition) is 0. The molecule has 46 valence electrons. The van der Waals surface area contributed by atoms with Crippen molar-refractivity contribution in [2.45, 2.75) is 12.8 Å². The van der Waals surface area contributed by atoms with Crippen LogP contribution < -0.4 is 4.98 Å². The Kier molecular flexibility index (Phi) is 1.12. The molecule has 1 aliphatic rings. The first-order valence-electron chi connectivity index (χ1n) is 3.11. The van der Waals surface area contributed by atoms with Crippen LogP contribution in [0.3, 0.4) is 0 Å². The molecule has 2 rings (SSSR count). The molecular weight excluding hydrogens is 130 g/mol. The number of rotatable bonds is 0. The largest absolute Gasteiger partial charge is 0.223 e. The van der Waals surface area contributed by atoms with Gasteiger partial charge in [0.15, 0.2) is 5.69 Å². The maximum Gasteiger partial charge on any atom is 0.223 e. The van der Waals surface area contributed by atoms with Crippen molar-refractivity contribution in [3.8, 4) is 0 Å². The van der Waals surface area contributed by atoms with Crippen molar-refractivity contribution in [1.29, 1.82) is 0 Å². The maximum absolute atomic E-state index is 3.22. The van der Waals surface area contributed by atoms with E-state index in [2.05, 4.69) is 17.1 Å². The Morgan fingerprint density at radius 2 is 2.56 bits per heavy atom. The van der Waals surface area contributed by atoms with Crippen molar-refractivity contribution in [2.24, 2.45) is 0 Å². The van der Waals surface area contributed by atoms with Gasteiger partial charge < -0.3 is 0 Å². The Hall–Kier alpha value is -0.630. The van der Waals surface area contributed by atoms with E-state index in [4.69, 9.17) is 0 Å². The van der Waals surface area contributed by atoms with Crippen molar-refractivity contribution >= 4 is 17.4 Å². The van der Waals surface area contributed by atoms with Crippen molar-refractivity contribution in [3.05, 3.63) is 22.2 Å². The van der Waals surface area contributed by atoms with Crippen LogP contribution >= 0.6 is 11.3 Å². The van der Waals surface area contributed by atoms with Gasteiger partial charge in [-0.05, 0) is 12.5 Å². The third-order valence-corrected chi connectivity index (χ3v) is 2.42. The average molecular weight is 138 g/mol. The Balaban J connectivity index is 2.53. The Labute approximate surface area is 58.1 Å². The molecular formula is C7H8NS+. The van der Waals surface area contributed by atoms with E-state index >= 15 is 0 Å². The van der Waals surface area contributed by atoms with Gasteiger partial charge in [0.1, 0.15) is 0 Å². The third-order valence-electron chi connectivity index (χ3n) is 1.55. The molecule has 0 aliphatic heterocycles. The summed E-state index contributed by atoms with van der Waals surface area (Å²) in [6, 6.07) is 0. The fraction of sp³-hybridized carbons (Fsp3) is 0.286. The zero-order chi connectivity index (χ0) is 6.10. The van der Waals surface area contributed by atoms with Crippen LogP contribution in [0, 0.1) is 0 Å². The zero-order valence-electron chi connectivity index (χ0n) is 5.05. The molecule has 0 fully saturated rings. The second kappa shape index (κ2) is 1.95. The summed E-state index contributed by atoms with van der Waals surface area (Å²) in [5.74, 6) is 0. The summed E-state index contributed by atoms with van der Waals surface area (Å²) in [4.78, 5) is 4.63. The zero-order valence-corrected chi connectivity index (χ0v) is 5.87. The van der Waals surface area contributed by atoms with E-state index in [9.17, 15) is 0 Å². The standard InChI is InChI=1S/C7H7NS/c1-2-4-7-6(3-1)8-5-9-7/h2,4-5H,1,3H2/p+1. The van der Waals surface area contributed by atoms with Gasteiger partial charge in [0, 0.05) is 6.42 Å². The van der Waals surface area contributed by atoms with E-state index in [1.54, 1.807) is 11.3 Å². The second-order valence-electron chi connectivity index (χ2n) is 2.16. The lowest BCUT2D eigenvalue weighted by Gasteiger charge is -1.94. The van der Waals surface area contributed by atoms with E-state index < -0.39 is 0 Å². The minimum Gasteiger partial charge on any atom is -0.205 e. The molecule has 1 N–H and O–H groups in total. The lowest BCUT2D eigenvalue weighted by molar-refractivity contribution is -0.383.